The summed E-state index contributed by atoms with van der Waals surface area (Å²) in [4.78, 5) is 51.7. The molecule has 1 aliphatic rings. The smallest absolute Gasteiger partial charge is 0.329 e. The van der Waals surface area contributed by atoms with Crippen molar-refractivity contribution in [2.45, 2.75) is 18.5 Å². The SMILES string of the molecule is COC(=O)C(CS)NC(=O)c1[nH]c(C(=O)NC(CS)C(=O)OC)c2c1OCCCO2. The molecule has 0 bridgehead atoms. The van der Waals surface area contributed by atoms with E-state index in [2.05, 4.69) is 50.3 Å². The van der Waals surface area contributed by atoms with Gasteiger partial charge in [0.25, 0.3) is 11.8 Å². The number of nitrogens with one attached hydrogen (secondary N) is 3. The molecular formula is C17H23N3O8S2. The number of thiol groups is 2. The van der Waals surface area contributed by atoms with Gasteiger partial charge in [-0.1, -0.05) is 0 Å². The minimum Gasteiger partial charge on any atom is -0.487 e. The summed E-state index contributed by atoms with van der Waals surface area (Å²) in [6.45, 7) is 0.501. The maximum Gasteiger partial charge on any atom is 0.329 e. The van der Waals surface area contributed by atoms with Crippen LogP contribution in [-0.2, 0) is 19.1 Å². The van der Waals surface area contributed by atoms with Crippen LogP contribution in [-0.4, -0.2) is 79.8 Å². The molecule has 0 saturated heterocycles. The maximum atomic E-state index is 12.7. The van der Waals surface area contributed by atoms with Crippen LogP contribution in [0, 0.1) is 0 Å². The van der Waals surface area contributed by atoms with Gasteiger partial charge in [0.15, 0.2) is 22.9 Å². The normalized spacial score (nSPS) is 14.7. The molecule has 2 unspecified atom stereocenters. The van der Waals surface area contributed by atoms with Gasteiger partial charge in [-0.25, -0.2) is 9.59 Å². The molecule has 30 heavy (non-hydrogen) atoms. The number of aromatic nitrogens is 1. The third kappa shape index (κ3) is 5.33. The summed E-state index contributed by atoms with van der Waals surface area (Å²) in [7, 11) is 2.37. The van der Waals surface area contributed by atoms with E-state index in [1.54, 1.807) is 0 Å². The van der Waals surface area contributed by atoms with Crippen LogP contribution in [0.5, 0.6) is 11.5 Å². The summed E-state index contributed by atoms with van der Waals surface area (Å²) in [5.74, 6) is -2.76. The second kappa shape index (κ2) is 11.0. The Hall–Kier alpha value is -2.54. The van der Waals surface area contributed by atoms with Crippen LogP contribution in [0.3, 0.4) is 0 Å². The van der Waals surface area contributed by atoms with E-state index in [4.69, 9.17) is 9.47 Å². The Labute approximate surface area is 183 Å². The Kier molecular flexibility index (Phi) is 8.72. The van der Waals surface area contributed by atoms with Crippen LogP contribution in [0.4, 0.5) is 0 Å². The number of fused-ring (bicyclic) bond motifs is 1. The molecule has 1 aliphatic heterocycles. The Balaban J connectivity index is 2.35. The molecule has 2 rings (SSSR count). The lowest BCUT2D eigenvalue weighted by molar-refractivity contribution is -0.143. The largest absolute Gasteiger partial charge is 0.487 e. The molecule has 11 nitrogen and oxygen atoms in total. The number of amides is 2. The second-order valence-electron chi connectivity index (χ2n) is 6.05. The zero-order chi connectivity index (χ0) is 22.3. The van der Waals surface area contributed by atoms with Crippen molar-refractivity contribution in [3.8, 4) is 11.5 Å². The molecule has 2 amide bonds. The molecule has 0 fully saturated rings. The second-order valence-corrected chi connectivity index (χ2v) is 6.78. The summed E-state index contributed by atoms with van der Waals surface area (Å²) in [6, 6.07) is -2.02. The number of hydrogen-bond acceptors (Lipinski definition) is 10. The molecular weight excluding hydrogens is 438 g/mol. The van der Waals surface area contributed by atoms with Crippen molar-refractivity contribution in [1.29, 1.82) is 0 Å². The van der Waals surface area contributed by atoms with Crippen molar-refractivity contribution in [3.63, 3.8) is 0 Å². The molecule has 0 radical (unpaired) electrons. The summed E-state index contributed by atoms with van der Waals surface area (Å²) >= 11 is 8.06. The summed E-state index contributed by atoms with van der Waals surface area (Å²) in [5.41, 5.74) is -0.235. The van der Waals surface area contributed by atoms with E-state index < -0.39 is 35.8 Å². The Morgan fingerprint density at radius 2 is 1.30 bits per heavy atom. The molecule has 0 aliphatic carbocycles. The molecule has 13 heteroatoms. The average Bonchev–Trinajstić information content (AvgIpc) is 2.95. The van der Waals surface area contributed by atoms with E-state index in [9.17, 15) is 19.2 Å². The molecule has 0 saturated carbocycles. The summed E-state index contributed by atoms with van der Waals surface area (Å²) in [6.07, 6.45) is 0.527. The predicted octanol–water partition coefficient (Wildman–Crippen LogP) is -0.422. The van der Waals surface area contributed by atoms with Gasteiger partial charge in [-0.2, -0.15) is 25.3 Å². The first-order chi connectivity index (χ1) is 14.4. The molecule has 1 aromatic heterocycles. The van der Waals surface area contributed by atoms with Crippen LogP contribution in [0.2, 0.25) is 0 Å². The zero-order valence-corrected chi connectivity index (χ0v) is 18.1. The Bertz CT molecular complexity index is 751. The van der Waals surface area contributed by atoms with Crippen LogP contribution >= 0.6 is 25.3 Å². The topological polar surface area (TPSA) is 145 Å². The third-order valence-electron chi connectivity index (χ3n) is 4.09. The van der Waals surface area contributed by atoms with Gasteiger partial charge in [0.1, 0.15) is 12.1 Å². The standard InChI is InChI=1S/C17H23N3O8S2/c1-25-16(23)8(6-29)18-14(21)10-12-13(28-5-3-4-27-12)11(20-10)15(22)19-9(7-30)17(24)26-2/h8-9,20,29-30H,3-7H2,1-2H3,(H,18,21)(H,19,22). The van der Waals surface area contributed by atoms with Crippen LogP contribution in [0.25, 0.3) is 0 Å². The minimum absolute atomic E-state index is 0.00519. The maximum absolute atomic E-state index is 12.7. The number of rotatable bonds is 8. The van der Waals surface area contributed by atoms with E-state index in [1.807, 2.05) is 0 Å². The van der Waals surface area contributed by atoms with E-state index in [0.29, 0.717) is 6.42 Å². The van der Waals surface area contributed by atoms with Gasteiger partial charge < -0.3 is 34.6 Å². The third-order valence-corrected chi connectivity index (χ3v) is 4.82. The van der Waals surface area contributed by atoms with Crippen LogP contribution < -0.4 is 20.1 Å². The quantitative estimate of drug-likeness (QED) is 0.259. The molecule has 0 aromatic carbocycles. The highest BCUT2D eigenvalue weighted by atomic mass is 32.1. The van der Waals surface area contributed by atoms with E-state index in [1.165, 1.54) is 14.2 Å². The van der Waals surface area contributed by atoms with Crippen molar-refractivity contribution in [2.75, 3.05) is 38.9 Å². The van der Waals surface area contributed by atoms with E-state index in [-0.39, 0.29) is 47.6 Å². The molecule has 2 atom stereocenters. The van der Waals surface area contributed by atoms with Gasteiger partial charge in [0.2, 0.25) is 0 Å². The van der Waals surface area contributed by atoms with Gasteiger partial charge in [0.05, 0.1) is 27.4 Å². The number of carbonyl (C=O) groups excluding carboxylic acids is 4. The van der Waals surface area contributed by atoms with Gasteiger partial charge >= 0.3 is 11.9 Å². The van der Waals surface area contributed by atoms with Crippen molar-refractivity contribution >= 4 is 49.0 Å². The van der Waals surface area contributed by atoms with E-state index in [0.717, 1.165) is 0 Å². The average molecular weight is 462 g/mol. The highest BCUT2D eigenvalue weighted by Crippen LogP contribution is 2.37. The van der Waals surface area contributed by atoms with Crippen molar-refractivity contribution in [2.24, 2.45) is 0 Å². The van der Waals surface area contributed by atoms with Gasteiger partial charge in [-0.15, -0.1) is 0 Å². The lowest BCUT2D eigenvalue weighted by Gasteiger charge is -2.14. The number of ether oxygens (including phenoxy) is 4. The fourth-order valence-corrected chi connectivity index (χ4v) is 3.05. The minimum atomic E-state index is -1.01. The van der Waals surface area contributed by atoms with Crippen molar-refractivity contribution in [1.82, 2.24) is 15.6 Å². The fraction of sp³-hybridized carbons (Fsp3) is 0.529. The lowest BCUT2D eigenvalue weighted by atomic mass is 10.2. The van der Waals surface area contributed by atoms with Gasteiger partial charge in [0, 0.05) is 17.9 Å². The number of methoxy groups -OCH3 is 2. The molecule has 2 heterocycles. The van der Waals surface area contributed by atoms with Crippen molar-refractivity contribution < 1.29 is 38.1 Å². The Morgan fingerprint density at radius 1 is 0.900 bits per heavy atom. The number of hydrogen-bond donors (Lipinski definition) is 5. The molecule has 166 valence electrons. The molecule has 3 N–H and O–H groups in total. The first-order valence-electron chi connectivity index (χ1n) is 8.88. The first-order valence-corrected chi connectivity index (χ1v) is 10.1. The number of esters is 2. The zero-order valence-electron chi connectivity index (χ0n) is 16.4. The number of carbonyl (C=O) groups is 4. The fourth-order valence-electron chi connectivity index (χ4n) is 2.57. The summed E-state index contributed by atoms with van der Waals surface area (Å²) in [5, 5.41) is 4.92. The van der Waals surface area contributed by atoms with Crippen molar-refractivity contribution in [3.05, 3.63) is 11.4 Å². The molecule has 1 aromatic rings. The van der Waals surface area contributed by atoms with Crippen LogP contribution in [0.1, 0.15) is 27.4 Å². The van der Waals surface area contributed by atoms with Gasteiger partial charge in [-0.05, 0) is 0 Å². The number of H-pyrrole nitrogens is 1. The summed E-state index contributed by atoms with van der Waals surface area (Å²) < 4.78 is 20.4. The van der Waals surface area contributed by atoms with E-state index >= 15 is 0 Å². The highest BCUT2D eigenvalue weighted by Gasteiger charge is 2.33. The highest BCUT2D eigenvalue weighted by molar-refractivity contribution is 7.80. The Morgan fingerprint density at radius 3 is 1.63 bits per heavy atom. The number of aromatic amines is 1. The van der Waals surface area contributed by atoms with Crippen LogP contribution in [0.15, 0.2) is 0 Å². The lowest BCUT2D eigenvalue weighted by Crippen LogP contribution is -2.43. The first kappa shape index (κ1) is 23.7. The predicted molar refractivity (Wildman–Crippen MR) is 111 cm³/mol. The molecule has 0 spiro atoms. The monoisotopic (exact) mass is 461 g/mol. The van der Waals surface area contributed by atoms with Gasteiger partial charge in [-0.3, -0.25) is 9.59 Å².